The summed E-state index contributed by atoms with van der Waals surface area (Å²) in [5.41, 5.74) is 6.08. The van der Waals surface area contributed by atoms with Crippen molar-refractivity contribution in [1.82, 2.24) is 0 Å². The van der Waals surface area contributed by atoms with Crippen LogP contribution in [0.4, 0.5) is 10.1 Å². The van der Waals surface area contributed by atoms with Crippen molar-refractivity contribution in [3.8, 4) is 0 Å². The topological polar surface area (TPSA) is 55.1 Å². The maximum Gasteiger partial charge on any atom is 0.244 e. The fourth-order valence-corrected chi connectivity index (χ4v) is 1.66. The van der Waals surface area contributed by atoms with E-state index in [-0.39, 0.29) is 5.91 Å². The lowest BCUT2D eigenvalue weighted by Crippen LogP contribution is -2.47. The average molecular weight is 303 g/mol. The number of hydrogen-bond donors (Lipinski definition) is 2. The molecule has 0 saturated heterocycles. The minimum Gasteiger partial charge on any atom is -0.324 e. The highest BCUT2D eigenvalue weighted by atomic mass is 79.9. The number of nitrogens with one attached hydrogen (secondary N) is 1. The predicted octanol–water partition coefficient (Wildman–Crippen LogP) is 2.96. The zero-order chi connectivity index (χ0) is 13.2. The molecule has 3 nitrogen and oxygen atoms in total. The number of benzene rings is 1. The SMILES string of the molecule is CCC(C)(N)C(=O)Nc1cc(F)c(Br)cc1C. The second-order valence-electron chi connectivity index (χ2n) is 4.31. The number of aryl methyl sites for hydroxylation is 1. The van der Waals surface area contributed by atoms with Gasteiger partial charge in [0.05, 0.1) is 10.0 Å². The Morgan fingerprint density at radius 1 is 1.59 bits per heavy atom. The summed E-state index contributed by atoms with van der Waals surface area (Å²) in [5.74, 6) is -0.731. The van der Waals surface area contributed by atoms with Gasteiger partial charge in [-0.15, -0.1) is 0 Å². The van der Waals surface area contributed by atoms with Crippen molar-refractivity contribution in [2.45, 2.75) is 32.7 Å². The molecule has 0 spiro atoms. The largest absolute Gasteiger partial charge is 0.324 e. The summed E-state index contributed by atoms with van der Waals surface area (Å²) < 4.78 is 13.7. The third-order valence-electron chi connectivity index (χ3n) is 2.77. The van der Waals surface area contributed by atoms with Crippen LogP contribution in [0.25, 0.3) is 0 Å². The van der Waals surface area contributed by atoms with Crippen LogP contribution in [-0.4, -0.2) is 11.4 Å². The van der Waals surface area contributed by atoms with Gasteiger partial charge < -0.3 is 11.1 Å². The summed E-state index contributed by atoms with van der Waals surface area (Å²) in [5, 5.41) is 2.64. The second-order valence-corrected chi connectivity index (χ2v) is 5.16. The van der Waals surface area contributed by atoms with E-state index in [0.29, 0.717) is 16.6 Å². The first-order valence-corrected chi connectivity index (χ1v) is 6.13. The highest BCUT2D eigenvalue weighted by Gasteiger charge is 2.26. The molecule has 1 aromatic carbocycles. The van der Waals surface area contributed by atoms with Crippen molar-refractivity contribution in [3.05, 3.63) is 28.0 Å². The maximum atomic E-state index is 13.4. The molecule has 17 heavy (non-hydrogen) atoms. The molecule has 1 atom stereocenters. The number of carbonyl (C=O) groups is 1. The van der Waals surface area contributed by atoms with Gasteiger partial charge in [-0.3, -0.25) is 4.79 Å². The van der Waals surface area contributed by atoms with Crippen LogP contribution in [0, 0.1) is 12.7 Å². The first-order chi connectivity index (χ1) is 7.77. The summed E-state index contributed by atoms with van der Waals surface area (Å²) >= 11 is 3.09. The van der Waals surface area contributed by atoms with Crippen LogP contribution < -0.4 is 11.1 Å². The number of rotatable bonds is 3. The highest BCUT2D eigenvalue weighted by molar-refractivity contribution is 9.10. The van der Waals surface area contributed by atoms with Gasteiger partial charge in [0.2, 0.25) is 5.91 Å². The fourth-order valence-electron chi connectivity index (χ4n) is 1.21. The Hall–Kier alpha value is -0.940. The molecule has 0 aliphatic heterocycles. The molecule has 3 N–H and O–H groups in total. The molecule has 0 aliphatic rings. The molecule has 0 bridgehead atoms. The molecule has 1 aromatic rings. The zero-order valence-electron chi connectivity index (χ0n) is 10.1. The Morgan fingerprint density at radius 3 is 2.71 bits per heavy atom. The molecular formula is C12H16BrFN2O. The van der Waals surface area contributed by atoms with Crippen LogP contribution in [0.15, 0.2) is 16.6 Å². The molecule has 0 heterocycles. The van der Waals surface area contributed by atoms with E-state index in [4.69, 9.17) is 5.73 Å². The third kappa shape index (κ3) is 3.26. The summed E-state index contributed by atoms with van der Waals surface area (Å²) in [6, 6.07) is 2.90. The van der Waals surface area contributed by atoms with E-state index in [2.05, 4.69) is 21.2 Å². The molecule has 94 valence electrons. The van der Waals surface area contributed by atoms with Gasteiger partial charge in [-0.05, 0) is 53.9 Å². The first kappa shape index (κ1) is 14.1. The van der Waals surface area contributed by atoms with E-state index < -0.39 is 11.4 Å². The quantitative estimate of drug-likeness (QED) is 0.902. The summed E-state index contributed by atoms with van der Waals surface area (Å²) in [6.45, 7) is 5.26. The number of halogens is 2. The Balaban J connectivity index is 2.97. The smallest absolute Gasteiger partial charge is 0.244 e. The van der Waals surface area contributed by atoms with Crippen LogP contribution in [-0.2, 0) is 4.79 Å². The van der Waals surface area contributed by atoms with Crippen molar-refractivity contribution in [3.63, 3.8) is 0 Å². The lowest BCUT2D eigenvalue weighted by Gasteiger charge is -2.22. The van der Waals surface area contributed by atoms with Crippen molar-refractivity contribution in [1.29, 1.82) is 0 Å². The van der Waals surface area contributed by atoms with Gasteiger partial charge in [0, 0.05) is 5.69 Å². The summed E-state index contributed by atoms with van der Waals surface area (Å²) in [7, 11) is 0. The number of carbonyl (C=O) groups excluding carboxylic acids is 1. The Morgan fingerprint density at radius 2 is 2.18 bits per heavy atom. The molecule has 0 saturated carbocycles. The number of anilines is 1. The molecule has 0 aliphatic carbocycles. The van der Waals surface area contributed by atoms with Gasteiger partial charge in [0.15, 0.2) is 0 Å². The van der Waals surface area contributed by atoms with Crippen molar-refractivity contribution in [2.24, 2.45) is 5.73 Å². The van der Waals surface area contributed by atoms with Crippen molar-refractivity contribution >= 4 is 27.5 Å². The van der Waals surface area contributed by atoms with Crippen molar-refractivity contribution < 1.29 is 9.18 Å². The molecule has 0 fully saturated rings. The minimum absolute atomic E-state index is 0.315. The number of nitrogens with two attached hydrogens (primary N) is 1. The van der Waals surface area contributed by atoms with E-state index in [1.54, 1.807) is 19.9 Å². The van der Waals surface area contributed by atoms with Crippen molar-refractivity contribution in [2.75, 3.05) is 5.32 Å². The predicted molar refractivity (Wildman–Crippen MR) is 70.4 cm³/mol. The normalized spacial score (nSPS) is 14.2. The fraction of sp³-hybridized carbons (Fsp3) is 0.417. The lowest BCUT2D eigenvalue weighted by molar-refractivity contribution is -0.120. The number of hydrogen-bond acceptors (Lipinski definition) is 2. The Bertz CT molecular complexity index is 446. The van der Waals surface area contributed by atoms with E-state index in [1.807, 2.05) is 6.92 Å². The van der Waals surface area contributed by atoms with Gasteiger partial charge in [-0.2, -0.15) is 0 Å². The van der Waals surface area contributed by atoms with Crippen LogP contribution in [0.5, 0.6) is 0 Å². The maximum absolute atomic E-state index is 13.4. The average Bonchev–Trinajstić information content (AvgIpc) is 2.25. The molecule has 0 radical (unpaired) electrons. The van der Waals surface area contributed by atoms with Crippen LogP contribution in [0.2, 0.25) is 0 Å². The molecule has 1 amide bonds. The third-order valence-corrected chi connectivity index (χ3v) is 3.38. The Kier molecular flexibility index (Phi) is 4.27. The van der Waals surface area contributed by atoms with Gasteiger partial charge in [-0.25, -0.2) is 4.39 Å². The summed E-state index contributed by atoms with van der Waals surface area (Å²) in [4.78, 5) is 11.8. The molecule has 5 heteroatoms. The van der Waals surface area contributed by atoms with Gasteiger partial charge in [0.1, 0.15) is 5.82 Å². The Labute approximate surface area is 109 Å². The molecule has 1 rings (SSSR count). The first-order valence-electron chi connectivity index (χ1n) is 5.34. The van der Waals surface area contributed by atoms with Crippen LogP contribution >= 0.6 is 15.9 Å². The van der Waals surface area contributed by atoms with E-state index in [1.165, 1.54) is 6.07 Å². The minimum atomic E-state index is -0.948. The number of amides is 1. The molecule has 0 aromatic heterocycles. The summed E-state index contributed by atoms with van der Waals surface area (Å²) in [6.07, 6.45) is 0.511. The second kappa shape index (κ2) is 5.14. The van der Waals surface area contributed by atoms with E-state index >= 15 is 0 Å². The molecule has 1 unspecified atom stereocenters. The van der Waals surface area contributed by atoms with Gasteiger partial charge in [-0.1, -0.05) is 6.92 Å². The lowest BCUT2D eigenvalue weighted by atomic mass is 9.99. The van der Waals surface area contributed by atoms with E-state index in [0.717, 1.165) is 5.56 Å². The van der Waals surface area contributed by atoms with E-state index in [9.17, 15) is 9.18 Å². The van der Waals surface area contributed by atoms with Crippen LogP contribution in [0.3, 0.4) is 0 Å². The highest BCUT2D eigenvalue weighted by Crippen LogP contribution is 2.24. The van der Waals surface area contributed by atoms with Gasteiger partial charge in [0.25, 0.3) is 0 Å². The monoisotopic (exact) mass is 302 g/mol. The van der Waals surface area contributed by atoms with Gasteiger partial charge >= 0.3 is 0 Å². The standard InChI is InChI=1S/C12H16BrFN2O/c1-4-12(3,15)11(17)16-10-6-9(14)8(13)5-7(10)2/h5-6H,4,15H2,1-3H3,(H,16,17). The molecular weight excluding hydrogens is 287 g/mol. The van der Waals surface area contributed by atoms with Crippen LogP contribution in [0.1, 0.15) is 25.8 Å². The zero-order valence-corrected chi connectivity index (χ0v) is 11.7.